The Bertz CT molecular complexity index is 374. The summed E-state index contributed by atoms with van der Waals surface area (Å²) in [7, 11) is 0. The molecule has 0 spiro atoms. The van der Waals surface area contributed by atoms with Gasteiger partial charge in [0.15, 0.2) is 11.4 Å². The standard InChI is InChI=1S/C7H3F6NO/c8-3-1-2(6(9)10)4(15)5(14-3)7(11,12)13/h1,6,15H. The summed E-state index contributed by atoms with van der Waals surface area (Å²) < 4.78 is 72.7. The zero-order valence-electron chi connectivity index (χ0n) is 6.82. The number of pyridine rings is 1. The normalized spacial score (nSPS) is 12.2. The number of halogens is 6. The van der Waals surface area contributed by atoms with Crippen LogP contribution in [0, 0.1) is 5.95 Å². The lowest BCUT2D eigenvalue weighted by atomic mass is 10.2. The van der Waals surface area contributed by atoms with E-state index in [1.54, 1.807) is 0 Å². The molecule has 1 N–H and O–H groups in total. The maximum Gasteiger partial charge on any atom is 0.437 e. The largest absolute Gasteiger partial charge is 0.505 e. The average molecular weight is 231 g/mol. The predicted octanol–water partition coefficient (Wildman–Crippen LogP) is 2.88. The molecule has 1 heterocycles. The molecule has 0 bridgehead atoms. The first-order valence-electron chi connectivity index (χ1n) is 3.48. The van der Waals surface area contributed by atoms with Gasteiger partial charge in [-0.05, 0) is 0 Å². The SMILES string of the molecule is Oc1c(C(F)F)cc(F)nc1C(F)(F)F. The third-order valence-corrected chi connectivity index (χ3v) is 1.49. The zero-order chi connectivity index (χ0) is 11.8. The highest BCUT2D eigenvalue weighted by molar-refractivity contribution is 5.38. The van der Waals surface area contributed by atoms with Gasteiger partial charge in [0.1, 0.15) is 0 Å². The van der Waals surface area contributed by atoms with Gasteiger partial charge in [0.05, 0.1) is 5.56 Å². The summed E-state index contributed by atoms with van der Waals surface area (Å²) in [5, 5.41) is 8.79. The Kier molecular flexibility index (Phi) is 2.78. The summed E-state index contributed by atoms with van der Waals surface area (Å²) in [5.74, 6) is -3.48. The van der Waals surface area contributed by atoms with Crippen molar-refractivity contribution in [3.8, 4) is 5.75 Å². The highest BCUT2D eigenvalue weighted by Gasteiger charge is 2.38. The number of aromatic hydroxyl groups is 1. The van der Waals surface area contributed by atoms with Gasteiger partial charge in [-0.15, -0.1) is 0 Å². The van der Waals surface area contributed by atoms with Gasteiger partial charge in [0, 0.05) is 6.07 Å². The van der Waals surface area contributed by atoms with Crippen LogP contribution in [0.4, 0.5) is 26.3 Å². The topological polar surface area (TPSA) is 33.1 Å². The minimum Gasteiger partial charge on any atom is -0.505 e. The fraction of sp³-hybridized carbons (Fsp3) is 0.286. The van der Waals surface area contributed by atoms with Crippen LogP contribution in [0.5, 0.6) is 5.75 Å². The van der Waals surface area contributed by atoms with Crippen LogP contribution in [0.1, 0.15) is 17.7 Å². The molecule has 0 unspecified atom stereocenters. The number of alkyl halides is 5. The zero-order valence-corrected chi connectivity index (χ0v) is 6.82. The molecule has 1 aromatic rings. The molecule has 84 valence electrons. The lowest BCUT2D eigenvalue weighted by molar-refractivity contribution is -0.143. The van der Waals surface area contributed by atoms with E-state index >= 15 is 0 Å². The first kappa shape index (κ1) is 11.6. The van der Waals surface area contributed by atoms with Gasteiger partial charge in [-0.3, -0.25) is 0 Å². The number of nitrogens with zero attached hydrogens (tertiary/aromatic N) is 1. The van der Waals surface area contributed by atoms with Crippen LogP contribution >= 0.6 is 0 Å². The monoisotopic (exact) mass is 231 g/mol. The van der Waals surface area contributed by atoms with Crippen LogP contribution in [-0.2, 0) is 6.18 Å². The van der Waals surface area contributed by atoms with E-state index in [-0.39, 0.29) is 6.07 Å². The molecule has 0 saturated heterocycles. The number of aromatic nitrogens is 1. The Balaban J connectivity index is 3.42. The molecule has 0 aliphatic carbocycles. The van der Waals surface area contributed by atoms with E-state index in [4.69, 9.17) is 5.11 Å². The average Bonchev–Trinajstić information content (AvgIpc) is 2.06. The summed E-state index contributed by atoms with van der Waals surface area (Å²) >= 11 is 0. The lowest BCUT2D eigenvalue weighted by Gasteiger charge is -2.10. The smallest absolute Gasteiger partial charge is 0.437 e. The fourth-order valence-corrected chi connectivity index (χ4v) is 0.889. The summed E-state index contributed by atoms with van der Waals surface area (Å²) in [4.78, 5) is 2.31. The van der Waals surface area contributed by atoms with E-state index in [0.29, 0.717) is 0 Å². The van der Waals surface area contributed by atoms with E-state index < -0.39 is 35.6 Å². The third-order valence-electron chi connectivity index (χ3n) is 1.49. The second-order valence-corrected chi connectivity index (χ2v) is 2.53. The van der Waals surface area contributed by atoms with Crippen molar-refractivity contribution < 1.29 is 31.4 Å². The molecular formula is C7H3F6NO. The minimum absolute atomic E-state index is 0.0508. The molecule has 1 aromatic heterocycles. The Labute approximate surface area is 79.2 Å². The molecule has 0 aliphatic heterocycles. The molecule has 8 heteroatoms. The molecule has 0 saturated carbocycles. The van der Waals surface area contributed by atoms with E-state index in [1.807, 2.05) is 0 Å². The van der Waals surface area contributed by atoms with Crippen LogP contribution in [0.15, 0.2) is 6.07 Å². The van der Waals surface area contributed by atoms with Crippen molar-refractivity contribution in [3.05, 3.63) is 23.3 Å². The van der Waals surface area contributed by atoms with Crippen molar-refractivity contribution in [1.29, 1.82) is 0 Å². The molecule has 0 aromatic carbocycles. The Morgan fingerprint density at radius 2 is 1.80 bits per heavy atom. The maximum absolute atomic E-state index is 12.4. The Morgan fingerprint density at radius 3 is 2.20 bits per heavy atom. The third kappa shape index (κ3) is 2.31. The second-order valence-electron chi connectivity index (χ2n) is 2.53. The molecule has 2 nitrogen and oxygen atoms in total. The van der Waals surface area contributed by atoms with E-state index in [0.717, 1.165) is 0 Å². The van der Waals surface area contributed by atoms with Crippen LogP contribution in [0.3, 0.4) is 0 Å². The summed E-state index contributed by atoms with van der Waals surface area (Å²) in [6, 6.07) is 0.0508. The van der Waals surface area contributed by atoms with E-state index in [2.05, 4.69) is 4.98 Å². The summed E-state index contributed by atoms with van der Waals surface area (Å²) in [5.41, 5.74) is -3.49. The van der Waals surface area contributed by atoms with Gasteiger partial charge in [0.25, 0.3) is 6.43 Å². The number of hydrogen-bond donors (Lipinski definition) is 1. The van der Waals surface area contributed by atoms with Crippen LogP contribution in [-0.4, -0.2) is 10.1 Å². The van der Waals surface area contributed by atoms with Crippen molar-refractivity contribution in [1.82, 2.24) is 4.98 Å². The Morgan fingerprint density at radius 1 is 1.27 bits per heavy atom. The van der Waals surface area contributed by atoms with E-state index in [9.17, 15) is 26.3 Å². The van der Waals surface area contributed by atoms with Gasteiger partial charge >= 0.3 is 6.18 Å². The van der Waals surface area contributed by atoms with Gasteiger partial charge in [0.2, 0.25) is 5.95 Å². The van der Waals surface area contributed by atoms with Crippen LogP contribution < -0.4 is 0 Å². The molecule has 0 fully saturated rings. The first-order chi connectivity index (χ1) is 6.73. The Hall–Kier alpha value is -1.47. The highest BCUT2D eigenvalue weighted by atomic mass is 19.4. The highest BCUT2D eigenvalue weighted by Crippen LogP contribution is 2.39. The van der Waals surface area contributed by atoms with Crippen molar-refractivity contribution >= 4 is 0 Å². The van der Waals surface area contributed by atoms with E-state index in [1.165, 1.54) is 0 Å². The van der Waals surface area contributed by atoms with Crippen LogP contribution in [0.2, 0.25) is 0 Å². The van der Waals surface area contributed by atoms with Crippen molar-refractivity contribution in [2.45, 2.75) is 12.6 Å². The molecule has 0 aliphatic rings. The molecule has 1 rings (SSSR count). The lowest BCUT2D eigenvalue weighted by Crippen LogP contribution is -2.11. The van der Waals surface area contributed by atoms with Crippen molar-refractivity contribution in [2.75, 3.05) is 0 Å². The van der Waals surface area contributed by atoms with Gasteiger partial charge in [-0.1, -0.05) is 0 Å². The number of rotatable bonds is 1. The first-order valence-corrected chi connectivity index (χ1v) is 3.48. The van der Waals surface area contributed by atoms with Crippen molar-refractivity contribution in [3.63, 3.8) is 0 Å². The molecule has 15 heavy (non-hydrogen) atoms. The molecule has 0 amide bonds. The number of hydrogen-bond acceptors (Lipinski definition) is 2. The molecule has 0 radical (unpaired) electrons. The second kappa shape index (κ2) is 3.59. The summed E-state index contributed by atoms with van der Waals surface area (Å²) in [6.07, 6.45) is -8.60. The van der Waals surface area contributed by atoms with Gasteiger partial charge < -0.3 is 5.11 Å². The summed E-state index contributed by atoms with van der Waals surface area (Å²) in [6.45, 7) is 0. The van der Waals surface area contributed by atoms with Gasteiger partial charge in [-0.2, -0.15) is 17.6 Å². The molecule has 0 atom stereocenters. The van der Waals surface area contributed by atoms with Crippen molar-refractivity contribution in [2.24, 2.45) is 0 Å². The fourth-order valence-electron chi connectivity index (χ4n) is 0.889. The minimum atomic E-state index is -5.18. The molecular weight excluding hydrogens is 228 g/mol. The van der Waals surface area contributed by atoms with Gasteiger partial charge in [-0.25, -0.2) is 13.8 Å². The van der Waals surface area contributed by atoms with Crippen LogP contribution in [0.25, 0.3) is 0 Å². The quantitative estimate of drug-likeness (QED) is 0.595. The maximum atomic E-state index is 12.4. The predicted molar refractivity (Wildman–Crippen MR) is 35.8 cm³/mol.